The number of nitrogens with zero attached hydrogens (tertiary/aromatic N) is 4. The first-order valence-corrected chi connectivity index (χ1v) is 5.61. The average molecular weight is 356 g/mol. The van der Waals surface area contributed by atoms with Crippen molar-refractivity contribution in [1.82, 2.24) is 0 Å². The van der Waals surface area contributed by atoms with E-state index in [1.807, 2.05) is 28.7 Å². The van der Waals surface area contributed by atoms with E-state index in [1.165, 1.54) is 6.07 Å². The second kappa shape index (κ2) is 6.05. The lowest BCUT2D eigenvalue weighted by Gasteiger charge is -2.05. The molecule has 82 valence electrons. The molecule has 0 radical (unpaired) electrons. The van der Waals surface area contributed by atoms with E-state index in [-0.39, 0.29) is 10.7 Å². The van der Waals surface area contributed by atoms with Gasteiger partial charge in [-0.05, 0) is 34.7 Å². The summed E-state index contributed by atoms with van der Waals surface area (Å²) in [5.74, 6) is 0. The Morgan fingerprint density at radius 3 is 2.47 bits per heavy atom. The summed E-state index contributed by atoms with van der Waals surface area (Å²) in [6.45, 7) is 0. The highest BCUT2D eigenvalue weighted by molar-refractivity contribution is 14.1. The quantitative estimate of drug-likeness (QED) is 0.501. The lowest BCUT2D eigenvalue weighted by atomic mass is 10.2. The summed E-state index contributed by atoms with van der Waals surface area (Å²) in [6.07, 6.45) is 0. The number of hydrazone groups is 1. The van der Waals surface area contributed by atoms with Gasteiger partial charge in [0.05, 0.1) is 16.3 Å². The maximum Gasteiger partial charge on any atom is 0.237 e. The number of hydrogen-bond acceptors (Lipinski definition) is 5. The summed E-state index contributed by atoms with van der Waals surface area (Å²) in [5, 5.41) is 29.6. The van der Waals surface area contributed by atoms with Gasteiger partial charge in [0.2, 0.25) is 5.71 Å². The maximum absolute atomic E-state index is 8.76. The van der Waals surface area contributed by atoms with E-state index in [2.05, 4.69) is 10.5 Å². The van der Waals surface area contributed by atoms with Crippen LogP contribution >= 0.6 is 34.2 Å². The minimum Gasteiger partial charge on any atom is -0.275 e. The predicted octanol–water partition coefficient (Wildman–Crippen LogP) is 2.63. The first-order valence-electron chi connectivity index (χ1n) is 4.15. The van der Waals surface area contributed by atoms with Crippen LogP contribution in [0, 0.1) is 37.6 Å². The third kappa shape index (κ3) is 3.32. The van der Waals surface area contributed by atoms with E-state index in [0.717, 1.165) is 0 Å². The van der Waals surface area contributed by atoms with Gasteiger partial charge < -0.3 is 0 Å². The number of anilines is 1. The van der Waals surface area contributed by atoms with Gasteiger partial charge in [-0.25, -0.2) is 0 Å². The monoisotopic (exact) mass is 355 g/mol. The van der Waals surface area contributed by atoms with Crippen molar-refractivity contribution in [3.05, 3.63) is 26.3 Å². The Kier molecular flexibility index (Phi) is 4.71. The molecule has 0 unspecified atom stereocenters. The lowest BCUT2D eigenvalue weighted by molar-refractivity contribution is 1.32. The van der Waals surface area contributed by atoms with Crippen molar-refractivity contribution in [1.29, 1.82) is 15.8 Å². The molecule has 0 heterocycles. The number of halogens is 2. The van der Waals surface area contributed by atoms with Crippen LogP contribution in [-0.2, 0) is 0 Å². The van der Waals surface area contributed by atoms with Gasteiger partial charge in [-0.15, -0.1) is 0 Å². The van der Waals surface area contributed by atoms with E-state index in [0.29, 0.717) is 14.8 Å². The summed E-state index contributed by atoms with van der Waals surface area (Å²) in [4.78, 5) is 0. The molecule has 0 aliphatic heterocycles. The van der Waals surface area contributed by atoms with Gasteiger partial charge in [-0.3, -0.25) is 5.43 Å². The fourth-order valence-corrected chi connectivity index (χ4v) is 1.70. The highest BCUT2D eigenvalue weighted by atomic mass is 127. The van der Waals surface area contributed by atoms with Crippen molar-refractivity contribution >= 4 is 45.6 Å². The summed E-state index contributed by atoms with van der Waals surface area (Å²) < 4.78 is 0.711. The SMILES string of the molecule is N#CC(C#N)=NNc1cc(Cl)c(C#N)cc1I. The van der Waals surface area contributed by atoms with Crippen LogP contribution in [-0.4, -0.2) is 5.71 Å². The van der Waals surface area contributed by atoms with E-state index in [1.54, 1.807) is 18.2 Å². The molecule has 0 amide bonds. The van der Waals surface area contributed by atoms with E-state index in [4.69, 9.17) is 27.4 Å². The third-order valence-electron chi connectivity index (χ3n) is 1.68. The summed E-state index contributed by atoms with van der Waals surface area (Å²) in [5.41, 5.74) is 3.14. The Balaban J connectivity index is 3.08. The molecule has 0 spiro atoms. The molecule has 0 saturated heterocycles. The molecule has 0 aliphatic carbocycles. The maximum atomic E-state index is 8.76. The van der Waals surface area contributed by atoms with Gasteiger partial charge in [0.25, 0.3) is 0 Å². The van der Waals surface area contributed by atoms with Crippen LogP contribution in [0.5, 0.6) is 0 Å². The first-order chi connectivity index (χ1) is 8.12. The highest BCUT2D eigenvalue weighted by Crippen LogP contribution is 2.26. The summed E-state index contributed by atoms with van der Waals surface area (Å²) in [6, 6.07) is 8.27. The predicted molar refractivity (Wildman–Crippen MR) is 71.2 cm³/mol. The topological polar surface area (TPSA) is 95.8 Å². The second-order valence-corrected chi connectivity index (χ2v) is 4.29. The minimum absolute atomic E-state index is 0.279. The van der Waals surface area contributed by atoms with Crippen molar-refractivity contribution in [3.8, 4) is 18.2 Å². The van der Waals surface area contributed by atoms with Gasteiger partial charge in [0, 0.05) is 3.57 Å². The molecular formula is C10H3ClIN5. The van der Waals surface area contributed by atoms with Crippen LogP contribution in [0.2, 0.25) is 5.02 Å². The zero-order chi connectivity index (χ0) is 12.8. The molecule has 17 heavy (non-hydrogen) atoms. The normalized spacial score (nSPS) is 8.41. The van der Waals surface area contributed by atoms with Gasteiger partial charge in [0.15, 0.2) is 0 Å². The Morgan fingerprint density at radius 1 is 1.29 bits per heavy atom. The Morgan fingerprint density at radius 2 is 1.94 bits per heavy atom. The molecule has 0 aromatic heterocycles. The summed E-state index contributed by atoms with van der Waals surface area (Å²) >= 11 is 7.83. The van der Waals surface area contributed by atoms with Crippen molar-refractivity contribution in [2.45, 2.75) is 0 Å². The van der Waals surface area contributed by atoms with Crippen LogP contribution in [0.4, 0.5) is 5.69 Å². The Hall–Kier alpha value is -1.82. The smallest absolute Gasteiger partial charge is 0.237 e. The van der Waals surface area contributed by atoms with Gasteiger partial charge in [-0.1, -0.05) is 11.6 Å². The van der Waals surface area contributed by atoms with Crippen LogP contribution in [0.1, 0.15) is 5.56 Å². The Bertz CT molecular complexity index is 587. The van der Waals surface area contributed by atoms with Gasteiger partial charge >= 0.3 is 0 Å². The molecule has 0 bridgehead atoms. The van der Waals surface area contributed by atoms with Crippen molar-refractivity contribution in [3.63, 3.8) is 0 Å². The molecular weight excluding hydrogens is 353 g/mol. The van der Waals surface area contributed by atoms with Crippen LogP contribution in [0.15, 0.2) is 17.2 Å². The molecule has 5 nitrogen and oxygen atoms in total. The molecule has 1 N–H and O–H groups in total. The van der Waals surface area contributed by atoms with Crippen LogP contribution in [0.3, 0.4) is 0 Å². The van der Waals surface area contributed by atoms with E-state index >= 15 is 0 Å². The average Bonchev–Trinajstić information content (AvgIpc) is 2.34. The molecule has 0 saturated carbocycles. The van der Waals surface area contributed by atoms with E-state index in [9.17, 15) is 0 Å². The standard InChI is InChI=1S/C10H3ClIN5/c11-8-2-10(9(12)1-6(8)3-13)17-16-7(4-14)5-15/h1-2,17H. The number of nitrogens with one attached hydrogen (secondary N) is 1. The lowest BCUT2D eigenvalue weighted by Crippen LogP contribution is -1.98. The molecule has 7 heteroatoms. The molecule has 0 aliphatic rings. The van der Waals surface area contributed by atoms with Crippen molar-refractivity contribution in [2.75, 3.05) is 5.43 Å². The Labute approximate surface area is 116 Å². The third-order valence-corrected chi connectivity index (χ3v) is 2.88. The summed E-state index contributed by atoms with van der Waals surface area (Å²) in [7, 11) is 0. The van der Waals surface area contributed by atoms with Crippen LogP contribution < -0.4 is 5.43 Å². The molecule has 0 atom stereocenters. The molecule has 0 fully saturated rings. The van der Waals surface area contributed by atoms with Crippen molar-refractivity contribution in [2.24, 2.45) is 5.10 Å². The zero-order valence-electron chi connectivity index (χ0n) is 8.20. The molecule has 1 aromatic rings. The van der Waals surface area contributed by atoms with Crippen molar-refractivity contribution < 1.29 is 0 Å². The number of nitriles is 3. The fraction of sp³-hybridized carbons (Fsp3) is 0. The molecule has 1 aromatic carbocycles. The largest absolute Gasteiger partial charge is 0.275 e. The van der Waals surface area contributed by atoms with Crippen LogP contribution in [0.25, 0.3) is 0 Å². The zero-order valence-corrected chi connectivity index (χ0v) is 11.1. The second-order valence-electron chi connectivity index (χ2n) is 2.72. The minimum atomic E-state index is -0.290. The fourth-order valence-electron chi connectivity index (χ4n) is 0.909. The van der Waals surface area contributed by atoms with Gasteiger partial charge in [-0.2, -0.15) is 20.9 Å². The van der Waals surface area contributed by atoms with Gasteiger partial charge in [0.1, 0.15) is 18.2 Å². The molecule has 1 rings (SSSR count). The van der Waals surface area contributed by atoms with E-state index < -0.39 is 0 Å². The number of rotatable bonds is 2. The first kappa shape index (κ1) is 13.2. The highest BCUT2D eigenvalue weighted by Gasteiger charge is 2.06. The number of hydrogen-bond donors (Lipinski definition) is 1. The number of benzene rings is 1.